The average molecular weight is 369 g/mol. The Kier molecular flexibility index (Phi) is 4.44. The third kappa shape index (κ3) is 3.45. The fourth-order valence-electron chi connectivity index (χ4n) is 3.26. The zero-order valence-corrected chi connectivity index (χ0v) is 15.1. The van der Waals surface area contributed by atoms with E-state index in [1.54, 1.807) is 35.9 Å². The Bertz CT molecular complexity index is 985. The van der Waals surface area contributed by atoms with Crippen molar-refractivity contribution in [3.63, 3.8) is 0 Å². The predicted molar refractivity (Wildman–Crippen MR) is 99.5 cm³/mol. The topological polar surface area (TPSA) is 87.5 Å². The molecule has 1 amide bonds. The van der Waals surface area contributed by atoms with Crippen LogP contribution in [0.5, 0.6) is 0 Å². The number of nitrogens with one attached hydrogen (secondary N) is 2. The summed E-state index contributed by atoms with van der Waals surface area (Å²) >= 11 is 0. The first kappa shape index (κ1) is 17.3. The fraction of sp³-hybridized carbons (Fsp3) is 0.333. The van der Waals surface area contributed by atoms with Gasteiger partial charge < -0.3 is 19.9 Å². The lowest BCUT2D eigenvalue weighted by Crippen LogP contribution is -2.30. The molecule has 0 bridgehead atoms. The first-order chi connectivity index (χ1) is 13.0. The standard InChI is InChI=1S/C18H20FN7O/c1-11-8-26-10-13(7-14(19)17(26)21-11)22-18(27)15-3-4-16(24-23-15)25-6-5-12(9-25)20-2/h3-4,7-8,10,12,20H,5-6,9H2,1-2H3,(H,22,27)/t12-/m1/s1. The number of likely N-dealkylation sites (N-methyl/N-ethyl adjacent to an activating group) is 1. The zero-order chi connectivity index (χ0) is 19.0. The Balaban J connectivity index is 1.48. The summed E-state index contributed by atoms with van der Waals surface area (Å²) in [5.74, 6) is -0.208. The lowest BCUT2D eigenvalue weighted by Gasteiger charge is -2.16. The van der Waals surface area contributed by atoms with Gasteiger partial charge in [-0.05, 0) is 32.5 Å². The van der Waals surface area contributed by atoms with Gasteiger partial charge in [-0.1, -0.05) is 0 Å². The van der Waals surface area contributed by atoms with Crippen LogP contribution in [0.3, 0.4) is 0 Å². The van der Waals surface area contributed by atoms with Gasteiger partial charge in [-0.2, -0.15) is 0 Å². The molecule has 4 heterocycles. The monoisotopic (exact) mass is 369 g/mol. The number of aryl methyl sites for hydroxylation is 1. The van der Waals surface area contributed by atoms with Crippen LogP contribution >= 0.6 is 0 Å². The highest BCUT2D eigenvalue weighted by Gasteiger charge is 2.22. The summed E-state index contributed by atoms with van der Waals surface area (Å²) in [7, 11) is 1.94. The minimum atomic E-state index is -0.504. The minimum absolute atomic E-state index is 0.172. The van der Waals surface area contributed by atoms with Gasteiger partial charge in [0.05, 0.1) is 11.4 Å². The number of hydrogen-bond acceptors (Lipinski definition) is 6. The molecule has 1 aliphatic rings. The van der Waals surface area contributed by atoms with E-state index in [2.05, 4.69) is 30.7 Å². The van der Waals surface area contributed by atoms with E-state index in [0.717, 1.165) is 25.3 Å². The molecular weight excluding hydrogens is 349 g/mol. The molecule has 140 valence electrons. The van der Waals surface area contributed by atoms with Crippen LogP contribution in [0.25, 0.3) is 5.65 Å². The van der Waals surface area contributed by atoms with Crippen LogP contribution in [-0.2, 0) is 0 Å². The summed E-state index contributed by atoms with van der Waals surface area (Å²) in [4.78, 5) is 18.6. The molecule has 0 aromatic carbocycles. The second-order valence-electron chi connectivity index (χ2n) is 6.64. The third-order valence-corrected chi connectivity index (χ3v) is 4.69. The van der Waals surface area contributed by atoms with Gasteiger partial charge in [0.2, 0.25) is 0 Å². The number of anilines is 2. The summed E-state index contributed by atoms with van der Waals surface area (Å²) < 4.78 is 15.7. The van der Waals surface area contributed by atoms with Crippen molar-refractivity contribution in [3.8, 4) is 0 Å². The molecule has 0 unspecified atom stereocenters. The SMILES string of the molecule is CN[C@@H]1CCN(c2ccc(C(=O)Nc3cc(F)c4nc(C)cn4c3)nn2)C1. The quantitative estimate of drug-likeness (QED) is 0.727. The van der Waals surface area contributed by atoms with Crippen molar-refractivity contribution >= 4 is 23.1 Å². The van der Waals surface area contributed by atoms with Gasteiger partial charge in [0.15, 0.2) is 23.0 Å². The van der Waals surface area contributed by atoms with E-state index in [-0.39, 0.29) is 11.3 Å². The van der Waals surface area contributed by atoms with Crippen LogP contribution in [0.4, 0.5) is 15.9 Å². The molecule has 3 aromatic heterocycles. The molecule has 3 aromatic rings. The van der Waals surface area contributed by atoms with Gasteiger partial charge in [-0.25, -0.2) is 9.37 Å². The van der Waals surface area contributed by atoms with E-state index in [1.165, 1.54) is 6.07 Å². The zero-order valence-electron chi connectivity index (χ0n) is 15.1. The minimum Gasteiger partial charge on any atom is -0.354 e. The van der Waals surface area contributed by atoms with Crippen LogP contribution in [-0.4, -0.2) is 51.7 Å². The number of carbonyl (C=O) groups is 1. The maximum absolute atomic E-state index is 14.1. The molecule has 2 N–H and O–H groups in total. The van der Waals surface area contributed by atoms with Crippen LogP contribution in [0, 0.1) is 12.7 Å². The van der Waals surface area contributed by atoms with Crippen molar-refractivity contribution in [2.24, 2.45) is 0 Å². The highest BCUT2D eigenvalue weighted by Crippen LogP contribution is 2.19. The molecule has 1 saturated heterocycles. The molecular formula is C18H20FN7O. The van der Waals surface area contributed by atoms with Crippen LogP contribution in [0.2, 0.25) is 0 Å². The molecule has 1 fully saturated rings. The fourth-order valence-corrected chi connectivity index (χ4v) is 3.26. The van der Waals surface area contributed by atoms with Gasteiger partial charge in [-0.15, -0.1) is 10.2 Å². The first-order valence-electron chi connectivity index (χ1n) is 8.75. The molecule has 1 aliphatic heterocycles. The van der Waals surface area contributed by atoms with Gasteiger partial charge in [-0.3, -0.25) is 4.79 Å². The maximum atomic E-state index is 14.1. The van der Waals surface area contributed by atoms with E-state index in [0.29, 0.717) is 17.4 Å². The number of carbonyl (C=O) groups excluding carboxylic acids is 1. The number of aromatic nitrogens is 4. The van der Waals surface area contributed by atoms with Crippen LogP contribution in [0.1, 0.15) is 22.6 Å². The summed E-state index contributed by atoms with van der Waals surface area (Å²) in [5, 5.41) is 14.1. The molecule has 4 rings (SSSR count). The van der Waals surface area contributed by atoms with Crippen LogP contribution in [0.15, 0.2) is 30.6 Å². The second kappa shape index (κ2) is 6.92. The molecule has 8 nitrogen and oxygen atoms in total. The van der Waals surface area contributed by atoms with E-state index in [9.17, 15) is 9.18 Å². The number of nitrogens with zero attached hydrogens (tertiary/aromatic N) is 5. The van der Waals surface area contributed by atoms with E-state index < -0.39 is 11.7 Å². The normalized spacial score (nSPS) is 16.9. The smallest absolute Gasteiger partial charge is 0.276 e. The first-order valence-corrected chi connectivity index (χ1v) is 8.75. The highest BCUT2D eigenvalue weighted by atomic mass is 19.1. The van der Waals surface area contributed by atoms with Gasteiger partial charge in [0.1, 0.15) is 0 Å². The lowest BCUT2D eigenvalue weighted by molar-refractivity contribution is 0.102. The van der Waals surface area contributed by atoms with Crippen molar-refractivity contribution in [2.45, 2.75) is 19.4 Å². The number of hydrogen-bond donors (Lipinski definition) is 2. The van der Waals surface area contributed by atoms with Crippen molar-refractivity contribution in [1.82, 2.24) is 24.9 Å². The van der Waals surface area contributed by atoms with Crippen molar-refractivity contribution in [1.29, 1.82) is 0 Å². The number of pyridine rings is 1. The van der Waals surface area contributed by atoms with Gasteiger partial charge >= 0.3 is 0 Å². The number of imidazole rings is 1. The Morgan fingerprint density at radius 2 is 2.15 bits per heavy atom. The largest absolute Gasteiger partial charge is 0.354 e. The van der Waals surface area contributed by atoms with Crippen molar-refractivity contribution in [2.75, 3.05) is 30.4 Å². The average Bonchev–Trinajstić information content (AvgIpc) is 3.28. The van der Waals surface area contributed by atoms with Gasteiger partial charge in [0.25, 0.3) is 5.91 Å². The van der Waals surface area contributed by atoms with E-state index in [1.807, 2.05) is 7.05 Å². The Labute approximate surface area is 155 Å². The predicted octanol–water partition coefficient (Wildman–Crippen LogP) is 1.62. The van der Waals surface area contributed by atoms with Crippen molar-refractivity contribution < 1.29 is 9.18 Å². The van der Waals surface area contributed by atoms with Gasteiger partial charge in [0, 0.05) is 37.6 Å². The number of rotatable bonds is 4. The molecule has 9 heteroatoms. The molecule has 0 aliphatic carbocycles. The summed E-state index contributed by atoms with van der Waals surface area (Å²) in [6.07, 6.45) is 4.35. The molecule has 0 saturated carbocycles. The number of halogens is 1. The van der Waals surface area contributed by atoms with Crippen molar-refractivity contribution in [3.05, 3.63) is 47.8 Å². The molecule has 0 radical (unpaired) electrons. The summed E-state index contributed by atoms with van der Waals surface area (Å²) in [6, 6.07) is 5.08. The maximum Gasteiger partial charge on any atom is 0.276 e. The summed E-state index contributed by atoms with van der Waals surface area (Å²) in [5.41, 5.74) is 1.41. The number of fused-ring (bicyclic) bond motifs is 1. The van der Waals surface area contributed by atoms with E-state index >= 15 is 0 Å². The third-order valence-electron chi connectivity index (χ3n) is 4.69. The molecule has 1 atom stereocenters. The summed E-state index contributed by atoms with van der Waals surface area (Å²) in [6.45, 7) is 3.54. The Morgan fingerprint density at radius 1 is 1.30 bits per heavy atom. The Morgan fingerprint density at radius 3 is 2.85 bits per heavy atom. The van der Waals surface area contributed by atoms with E-state index in [4.69, 9.17) is 0 Å². The molecule has 27 heavy (non-hydrogen) atoms. The van der Waals surface area contributed by atoms with Crippen LogP contribution < -0.4 is 15.5 Å². The number of amides is 1. The second-order valence-corrected chi connectivity index (χ2v) is 6.64. The molecule has 0 spiro atoms. The lowest BCUT2D eigenvalue weighted by atomic mass is 10.3. The Hall–Kier alpha value is -3.07. The highest BCUT2D eigenvalue weighted by molar-refractivity contribution is 6.02.